The number of benzene rings is 1. The van der Waals surface area contributed by atoms with Crippen LogP contribution < -0.4 is 15.8 Å². The number of amides is 1. The number of anilines is 1. The second-order valence-electron chi connectivity index (χ2n) is 3.36. The average molecular weight is 277 g/mol. The predicted molar refractivity (Wildman–Crippen MR) is 69.7 cm³/mol. The van der Waals surface area contributed by atoms with Gasteiger partial charge in [-0.2, -0.15) is 0 Å². The number of nitrogen functional groups attached to an aromatic ring is 1. The number of hydrogen-bond donors (Lipinski definition) is 2. The molecular formula is C11H14Cl2N2O2. The maximum Gasteiger partial charge on any atom is 0.223 e. The van der Waals surface area contributed by atoms with Gasteiger partial charge in [-0.25, -0.2) is 0 Å². The summed E-state index contributed by atoms with van der Waals surface area (Å²) in [5.74, 6) is 0.370. The van der Waals surface area contributed by atoms with Gasteiger partial charge < -0.3 is 15.8 Å². The van der Waals surface area contributed by atoms with Gasteiger partial charge in [0.25, 0.3) is 0 Å². The van der Waals surface area contributed by atoms with Crippen molar-refractivity contribution in [2.24, 2.45) is 0 Å². The highest BCUT2D eigenvalue weighted by molar-refractivity contribution is 6.42. The molecule has 0 fully saturated rings. The molecule has 0 aromatic heterocycles. The number of rotatable bonds is 5. The van der Waals surface area contributed by atoms with E-state index in [0.717, 1.165) is 0 Å². The first-order valence-electron chi connectivity index (χ1n) is 5.18. The van der Waals surface area contributed by atoms with Gasteiger partial charge in [0, 0.05) is 12.6 Å². The molecular weight excluding hydrogens is 263 g/mol. The van der Waals surface area contributed by atoms with Crippen molar-refractivity contribution in [1.29, 1.82) is 0 Å². The van der Waals surface area contributed by atoms with E-state index in [1.165, 1.54) is 12.1 Å². The van der Waals surface area contributed by atoms with Crippen LogP contribution in [0.25, 0.3) is 0 Å². The summed E-state index contributed by atoms with van der Waals surface area (Å²) in [6.07, 6.45) is 0.271. The molecule has 6 heteroatoms. The number of halogens is 2. The molecule has 1 aromatic carbocycles. The minimum Gasteiger partial charge on any atom is -0.491 e. The van der Waals surface area contributed by atoms with E-state index in [4.69, 9.17) is 33.7 Å². The summed E-state index contributed by atoms with van der Waals surface area (Å²) < 4.78 is 5.36. The first kappa shape index (κ1) is 13.9. The highest BCUT2D eigenvalue weighted by Crippen LogP contribution is 2.32. The van der Waals surface area contributed by atoms with Crippen LogP contribution in [0.2, 0.25) is 10.0 Å². The molecule has 0 aliphatic carbocycles. The maximum absolute atomic E-state index is 11.2. The zero-order valence-corrected chi connectivity index (χ0v) is 10.9. The third-order valence-electron chi connectivity index (χ3n) is 2.01. The Morgan fingerprint density at radius 1 is 1.41 bits per heavy atom. The van der Waals surface area contributed by atoms with Crippen LogP contribution in [-0.2, 0) is 4.79 Å². The third-order valence-corrected chi connectivity index (χ3v) is 2.74. The third kappa shape index (κ3) is 4.32. The molecule has 0 unspecified atom stereocenters. The fourth-order valence-electron chi connectivity index (χ4n) is 1.21. The summed E-state index contributed by atoms with van der Waals surface area (Å²) in [5.41, 5.74) is 6.10. The molecule has 0 radical (unpaired) electrons. The SMILES string of the molecule is CCNC(=O)CCOc1cc(Cl)c(Cl)cc1N. The van der Waals surface area contributed by atoms with E-state index >= 15 is 0 Å². The van der Waals surface area contributed by atoms with Gasteiger partial charge >= 0.3 is 0 Å². The lowest BCUT2D eigenvalue weighted by molar-refractivity contribution is -0.121. The molecule has 0 saturated carbocycles. The van der Waals surface area contributed by atoms with E-state index in [1.807, 2.05) is 6.92 Å². The van der Waals surface area contributed by atoms with E-state index < -0.39 is 0 Å². The molecule has 1 rings (SSSR count). The van der Waals surface area contributed by atoms with E-state index in [1.54, 1.807) is 0 Å². The predicted octanol–water partition coefficient (Wildman–Crippen LogP) is 2.48. The summed E-state index contributed by atoms with van der Waals surface area (Å²) in [5, 5.41) is 3.41. The number of ether oxygens (including phenoxy) is 1. The first-order chi connectivity index (χ1) is 8.04. The quantitative estimate of drug-likeness (QED) is 0.813. The minimum atomic E-state index is -0.0638. The number of carbonyl (C=O) groups excluding carboxylic acids is 1. The number of nitrogens with one attached hydrogen (secondary N) is 1. The molecule has 1 amide bonds. The molecule has 94 valence electrons. The molecule has 0 saturated heterocycles. The largest absolute Gasteiger partial charge is 0.491 e. The smallest absolute Gasteiger partial charge is 0.223 e. The van der Waals surface area contributed by atoms with Gasteiger partial charge in [0.2, 0.25) is 5.91 Å². The molecule has 0 bridgehead atoms. The van der Waals surface area contributed by atoms with Crippen LogP contribution in [-0.4, -0.2) is 19.1 Å². The van der Waals surface area contributed by atoms with Gasteiger partial charge in [-0.1, -0.05) is 23.2 Å². The maximum atomic E-state index is 11.2. The molecule has 3 N–H and O–H groups in total. The molecule has 17 heavy (non-hydrogen) atoms. The zero-order valence-electron chi connectivity index (χ0n) is 9.43. The second-order valence-corrected chi connectivity index (χ2v) is 4.17. The molecule has 0 aliphatic rings. The Hall–Kier alpha value is -1.13. The summed E-state index contributed by atoms with van der Waals surface area (Å²) in [4.78, 5) is 11.2. The lowest BCUT2D eigenvalue weighted by atomic mass is 10.3. The monoisotopic (exact) mass is 276 g/mol. The molecule has 0 heterocycles. The highest BCUT2D eigenvalue weighted by Gasteiger charge is 2.07. The van der Waals surface area contributed by atoms with Gasteiger partial charge in [0.05, 0.1) is 28.8 Å². The Bertz CT molecular complexity index is 411. The van der Waals surface area contributed by atoms with Crippen molar-refractivity contribution >= 4 is 34.8 Å². The Morgan fingerprint density at radius 3 is 2.71 bits per heavy atom. The summed E-state index contributed by atoms with van der Waals surface area (Å²) in [6, 6.07) is 3.06. The van der Waals surface area contributed by atoms with E-state index in [2.05, 4.69) is 5.32 Å². The fraction of sp³-hybridized carbons (Fsp3) is 0.364. The van der Waals surface area contributed by atoms with Crippen LogP contribution in [0.5, 0.6) is 5.75 Å². The summed E-state index contributed by atoms with van der Waals surface area (Å²) >= 11 is 11.6. The van der Waals surface area contributed by atoms with Gasteiger partial charge in [-0.15, -0.1) is 0 Å². The first-order valence-corrected chi connectivity index (χ1v) is 5.94. The summed E-state index contributed by atoms with van der Waals surface area (Å²) in [6.45, 7) is 2.71. The Morgan fingerprint density at radius 2 is 2.06 bits per heavy atom. The van der Waals surface area contributed by atoms with Crippen LogP contribution in [0.1, 0.15) is 13.3 Å². The lowest BCUT2D eigenvalue weighted by Gasteiger charge is -2.10. The Balaban J connectivity index is 2.52. The van der Waals surface area contributed by atoms with Gasteiger partial charge in [-0.3, -0.25) is 4.79 Å². The second kappa shape index (κ2) is 6.57. The van der Waals surface area contributed by atoms with Crippen molar-refractivity contribution in [2.75, 3.05) is 18.9 Å². The van der Waals surface area contributed by atoms with Crippen molar-refractivity contribution in [3.05, 3.63) is 22.2 Å². The number of hydrogen-bond acceptors (Lipinski definition) is 3. The van der Waals surface area contributed by atoms with Crippen LogP contribution in [0.3, 0.4) is 0 Å². The molecule has 1 aromatic rings. The van der Waals surface area contributed by atoms with Crippen molar-refractivity contribution in [2.45, 2.75) is 13.3 Å². The normalized spacial score (nSPS) is 10.1. The standard InChI is InChI=1S/C11H14Cl2N2O2/c1-2-15-11(16)3-4-17-10-6-8(13)7(12)5-9(10)14/h5-6H,2-4,14H2,1H3,(H,15,16). The Kier molecular flexibility index (Phi) is 5.38. The van der Waals surface area contributed by atoms with E-state index in [-0.39, 0.29) is 18.9 Å². The van der Waals surface area contributed by atoms with Crippen molar-refractivity contribution in [3.8, 4) is 5.75 Å². The van der Waals surface area contributed by atoms with Crippen LogP contribution in [0.15, 0.2) is 12.1 Å². The zero-order chi connectivity index (χ0) is 12.8. The van der Waals surface area contributed by atoms with Gasteiger partial charge in [-0.05, 0) is 13.0 Å². The lowest BCUT2D eigenvalue weighted by Crippen LogP contribution is -2.24. The molecule has 0 spiro atoms. The van der Waals surface area contributed by atoms with Crippen LogP contribution in [0, 0.1) is 0 Å². The van der Waals surface area contributed by atoms with Crippen molar-refractivity contribution < 1.29 is 9.53 Å². The van der Waals surface area contributed by atoms with Gasteiger partial charge in [0.15, 0.2) is 0 Å². The van der Waals surface area contributed by atoms with E-state index in [9.17, 15) is 4.79 Å². The molecule has 4 nitrogen and oxygen atoms in total. The molecule has 0 atom stereocenters. The minimum absolute atomic E-state index is 0.0638. The molecule has 0 aliphatic heterocycles. The Labute approximate surface area is 110 Å². The van der Waals surface area contributed by atoms with Crippen LogP contribution >= 0.6 is 23.2 Å². The average Bonchev–Trinajstić information content (AvgIpc) is 2.26. The summed E-state index contributed by atoms with van der Waals surface area (Å²) in [7, 11) is 0. The topological polar surface area (TPSA) is 64.3 Å². The highest BCUT2D eigenvalue weighted by atomic mass is 35.5. The van der Waals surface area contributed by atoms with E-state index in [0.29, 0.717) is 28.0 Å². The van der Waals surface area contributed by atoms with Crippen molar-refractivity contribution in [1.82, 2.24) is 5.32 Å². The van der Waals surface area contributed by atoms with Crippen LogP contribution in [0.4, 0.5) is 5.69 Å². The number of nitrogens with two attached hydrogens (primary N) is 1. The van der Waals surface area contributed by atoms with Gasteiger partial charge in [0.1, 0.15) is 5.75 Å². The number of carbonyl (C=O) groups is 1. The van der Waals surface area contributed by atoms with Crippen molar-refractivity contribution in [3.63, 3.8) is 0 Å². The fourth-order valence-corrected chi connectivity index (χ4v) is 1.53.